The summed E-state index contributed by atoms with van der Waals surface area (Å²) in [5.41, 5.74) is 0.490. The van der Waals surface area contributed by atoms with Crippen molar-refractivity contribution in [2.45, 2.75) is 58.5 Å². The molecular weight excluding hydrogens is 296 g/mol. The highest BCUT2D eigenvalue weighted by Crippen LogP contribution is 2.49. The second kappa shape index (κ2) is 6.29. The van der Waals surface area contributed by atoms with E-state index in [4.69, 9.17) is 0 Å². The Kier molecular flexibility index (Phi) is 4.37. The molecule has 0 radical (unpaired) electrons. The van der Waals surface area contributed by atoms with Gasteiger partial charge in [-0.2, -0.15) is 5.10 Å². The Morgan fingerprint density at radius 1 is 1.52 bits per heavy atom. The summed E-state index contributed by atoms with van der Waals surface area (Å²) in [6.07, 6.45) is 6.79. The van der Waals surface area contributed by atoms with E-state index < -0.39 is 4.92 Å². The van der Waals surface area contributed by atoms with Crippen LogP contribution in [0.25, 0.3) is 0 Å². The van der Waals surface area contributed by atoms with Crippen molar-refractivity contribution in [1.29, 1.82) is 0 Å². The van der Waals surface area contributed by atoms with Crippen LogP contribution < -0.4 is 5.32 Å². The number of hydrogen-bond donors (Lipinski definition) is 1. The molecule has 2 aliphatic carbocycles. The first-order valence-electron chi connectivity index (χ1n) is 8.42. The lowest BCUT2D eigenvalue weighted by Crippen LogP contribution is -2.40. The molecule has 23 heavy (non-hydrogen) atoms. The van der Waals surface area contributed by atoms with Gasteiger partial charge < -0.3 is 5.32 Å². The van der Waals surface area contributed by atoms with Gasteiger partial charge in [-0.3, -0.25) is 19.6 Å². The molecule has 2 bridgehead atoms. The van der Waals surface area contributed by atoms with Gasteiger partial charge in [-0.15, -0.1) is 0 Å². The van der Waals surface area contributed by atoms with Gasteiger partial charge in [0.15, 0.2) is 0 Å². The van der Waals surface area contributed by atoms with E-state index in [-0.39, 0.29) is 17.6 Å². The first-order valence-corrected chi connectivity index (χ1v) is 8.42. The summed E-state index contributed by atoms with van der Waals surface area (Å²) in [7, 11) is 0. The lowest BCUT2D eigenvalue weighted by atomic mass is 9.84. The zero-order chi connectivity index (χ0) is 16.6. The lowest BCUT2D eigenvalue weighted by molar-refractivity contribution is -0.385. The Morgan fingerprint density at radius 2 is 2.30 bits per heavy atom. The van der Waals surface area contributed by atoms with Crippen molar-refractivity contribution in [2.75, 3.05) is 0 Å². The number of carbonyl (C=O) groups excluding carboxylic acids is 1. The molecule has 0 aromatic carbocycles. The van der Waals surface area contributed by atoms with Gasteiger partial charge in [0.25, 0.3) is 0 Å². The Labute approximate surface area is 135 Å². The maximum Gasteiger partial charge on any atom is 0.309 e. The molecule has 126 valence electrons. The van der Waals surface area contributed by atoms with Crippen LogP contribution >= 0.6 is 0 Å². The number of nitrogens with zero attached hydrogens (tertiary/aromatic N) is 3. The van der Waals surface area contributed by atoms with E-state index in [0.717, 1.165) is 11.8 Å². The second-order valence-electron chi connectivity index (χ2n) is 7.04. The van der Waals surface area contributed by atoms with Crippen LogP contribution in [0.3, 0.4) is 0 Å². The fraction of sp³-hybridized carbons (Fsp3) is 0.750. The molecule has 2 aliphatic rings. The number of hydrogen-bond acceptors (Lipinski definition) is 4. The van der Waals surface area contributed by atoms with Crippen molar-refractivity contribution in [2.24, 2.45) is 17.8 Å². The van der Waals surface area contributed by atoms with E-state index in [1.54, 1.807) is 6.92 Å². The summed E-state index contributed by atoms with van der Waals surface area (Å²) >= 11 is 0. The van der Waals surface area contributed by atoms with Gasteiger partial charge in [-0.05, 0) is 50.9 Å². The maximum absolute atomic E-state index is 12.2. The molecule has 0 spiro atoms. The van der Waals surface area contributed by atoms with E-state index in [1.807, 2.05) is 0 Å². The predicted molar refractivity (Wildman–Crippen MR) is 84.8 cm³/mol. The van der Waals surface area contributed by atoms with Gasteiger partial charge in [0, 0.05) is 12.5 Å². The quantitative estimate of drug-likeness (QED) is 0.644. The van der Waals surface area contributed by atoms with Gasteiger partial charge in [-0.25, -0.2) is 0 Å². The maximum atomic E-state index is 12.2. The molecule has 2 saturated carbocycles. The molecule has 2 fully saturated rings. The molecule has 4 atom stereocenters. The molecular formula is C16H24N4O3. The largest absolute Gasteiger partial charge is 0.353 e. The summed E-state index contributed by atoms with van der Waals surface area (Å²) in [5, 5.41) is 17.9. The summed E-state index contributed by atoms with van der Waals surface area (Å²) in [5.74, 6) is 2.27. The van der Waals surface area contributed by atoms with Crippen molar-refractivity contribution in [1.82, 2.24) is 15.1 Å². The molecule has 0 aliphatic heterocycles. The normalized spacial score (nSPS) is 27.1. The monoisotopic (exact) mass is 320 g/mol. The van der Waals surface area contributed by atoms with Crippen molar-refractivity contribution in [3.8, 4) is 0 Å². The molecule has 1 heterocycles. The second-order valence-corrected chi connectivity index (χ2v) is 7.04. The first-order chi connectivity index (χ1) is 11.0. The zero-order valence-corrected chi connectivity index (χ0v) is 13.7. The van der Waals surface area contributed by atoms with Gasteiger partial charge in [0.05, 0.1) is 11.5 Å². The van der Waals surface area contributed by atoms with Gasteiger partial charge in [0.2, 0.25) is 5.91 Å². The zero-order valence-electron chi connectivity index (χ0n) is 13.7. The summed E-state index contributed by atoms with van der Waals surface area (Å²) in [4.78, 5) is 22.5. The van der Waals surface area contributed by atoms with Crippen LogP contribution in [0.4, 0.5) is 5.69 Å². The number of amides is 1. The van der Waals surface area contributed by atoms with Crippen molar-refractivity contribution < 1.29 is 9.72 Å². The highest BCUT2D eigenvalue weighted by atomic mass is 16.6. The third kappa shape index (κ3) is 3.23. The van der Waals surface area contributed by atoms with E-state index in [2.05, 4.69) is 17.3 Å². The average molecular weight is 320 g/mol. The topological polar surface area (TPSA) is 90.1 Å². The van der Waals surface area contributed by atoms with Crippen molar-refractivity contribution in [3.63, 3.8) is 0 Å². The summed E-state index contributed by atoms with van der Waals surface area (Å²) in [6.45, 7) is 4.13. The Hall–Kier alpha value is -1.92. The van der Waals surface area contributed by atoms with Crippen LogP contribution in [-0.2, 0) is 11.3 Å². The SMILES string of the molecule is Cc1c([N+](=O)[O-])cnn1CCC(=O)N[C@H](C)[C@@H]1C[C@H]2CC[C@H]1C2. The molecule has 1 N–H and O–H groups in total. The number of aromatic nitrogens is 2. The number of aryl methyl sites for hydroxylation is 1. The summed E-state index contributed by atoms with van der Waals surface area (Å²) in [6, 6.07) is 0.214. The van der Waals surface area contributed by atoms with Crippen molar-refractivity contribution in [3.05, 3.63) is 22.0 Å². The molecule has 1 aromatic rings. The van der Waals surface area contributed by atoms with E-state index in [9.17, 15) is 14.9 Å². The van der Waals surface area contributed by atoms with E-state index in [1.165, 1.54) is 36.6 Å². The summed E-state index contributed by atoms with van der Waals surface area (Å²) < 4.78 is 1.53. The number of nitro groups is 1. The van der Waals surface area contributed by atoms with Crippen LogP contribution in [-0.4, -0.2) is 26.7 Å². The smallest absolute Gasteiger partial charge is 0.309 e. The highest BCUT2D eigenvalue weighted by Gasteiger charge is 2.42. The van der Waals surface area contributed by atoms with E-state index in [0.29, 0.717) is 24.6 Å². The first kappa shape index (κ1) is 16.0. The number of carbonyl (C=O) groups is 1. The minimum atomic E-state index is -0.448. The molecule has 0 saturated heterocycles. The molecule has 7 nitrogen and oxygen atoms in total. The molecule has 3 rings (SSSR count). The van der Waals surface area contributed by atoms with Crippen LogP contribution in [0.2, 0.25) is 0 Å². The van der Waals surface area contributed by atoms with Crippen LogP contribution in [0.5, 0.6) is 0 Å². The Morgan fingerprint density at radius 3 is 2.87 bits per heavy atom. The predicted octanol–water partition coefficient (Wildman–Crippen LogP) is 2.43. The van der Waals surface area contributed by atoms with Gasteiger partial charge >= 0.3 is 5.69 Å². The van der Waals surface area contributed by atoms with Crippen LogP contribution in [0.15, 0.2) is 6.20 Å². The van der Waals surface area contributed by atoms with Gasteiger partial charge in [0.1, 0.15) is 11.9 Å². The number of nitrogens with one attached hydrogen (secondary N) is 1. The molecule has 1 amide bonds. The third-order valence-electron chi connectivity index (χ3n) is 5.65. The van der Waals surface area contributed by atoms with Crippen LogP contribution in [0, 0.1) is 34.8 Å². The van der Waals surface area contributed by atoms with Crippen molar-refractivity contribution >= 4 is 11.6 Å². The Balaban J connectivity index is 1.49. The minimum absolute atomic E-state index is 0.000701. The molecule has 1 aromatic heterocycles. The van der Waals surface area contributed by atoms with Gasteiger partial charge in [-0.1, -0.05) is 6.42 Å². The molecule has 0 unspecified atom stereocenters. The molecule has 7 heteroatoms. The highest BCUT2D eigenvalue weighted by molar-refractivity contribution is 5.76. The fourth-order valence-electron chi connectivity index (χ4n) is 4.39. The fourth-order valence-corrected chi connectivity index (χ4v) is 4.39. The minimum Gasteiger partial charge on any atom is -0.353 e. The standard InChI is InChI=1S/C16H24N4O3/c1-10(14-8-12-3-4-13(14)7-12)18-16(21)5-6-19-11(2)15(9-17-19)20(22)23/h9-10,12-14H,3-8H2,1-2H3,(H,18,21)/t10-,12+,13+,14+/m1/s1. The van der Waals surface area contributed by atoms with Crippen LogP contribution in [0.1, 0.15) is 44.7 Å². The number of fused-ring (bicyclic) bond motifs is 2. The Bertz CT molecular complexity index is 612. The number of rotatable bonds is 6. The third-order valence-corrected chi connectivity index (χ3v) is 5.65. The lowest BCUT2D eigenvalue weighted by Gasteiger charge is -2.28. The average Bonchev–Trinajstić information content (AvgIpc) is 3.20. The van der Waals surface area contributed by atoms with E-state index >= 15 is 0 Å².